The standard InChI is InChI=1S/C14H21F3N2O3/c15-14(16,17)13(22)18-6-3-11(4-7-18)12(21)19-5-1-2-10(8-19)9-20/h10-11,20H,1-9H2. The Bertz CT molecular complexity index is 420. The molecule has 2 amide bonds. The molecule has 0 spiro atoms. The molecule has 1 N–H and O–H groups in total. The van der Waals surface area contributed by atoms with Crippen LogP contribution in [0.4, 0.5) is 13.2 Å². The number of aliphatic hydroxyl groups is 1. The van der Waals surface area contributed by atoms with Gasteiger partial charge in [0.25, 0.3) is 0 Å². The highest BCUT2D eigenvalue weighted by molar-refractivity contribution is 5.83. The van der Waals surface area contributed by atoms with Crippen molar-refractivity contribution in [1.82, 2.24) is 9.80 Å². The Labute approximate surface area is 127 Å². The number of carbonyl (C=O) groups excluding carboxylic acids is 2. The molecule has 2 saturated heterocycles. The topological polar surface area (TPSA) is 60.9 Å². The number of hydrogen-bond acceptors (Lipinski definition) is 3. The third-order valence-electron chi connectivity index (χ3n) is 4.46. The van der Waals surface area contributed by atoms with E-state index in [9.17, 15) is 27.9 Å². The Balaban J connectivity index is 1.86. The molecule has 2 rings (SSSR count). The average molecular weight is 322 g/mol. The van der Waals surface area contributed by atoms with Crippen LogP contribution in [0.25, 0.3) is 0 Å². The molecule has 0 bridgehead atoms. The highest BCUT2D eigenvalue weighted by Crippen LogP contribution is 2.26. The first kappa shape index (κ1) is 17.1. The lowest BCUT2D eigenvalue weighted by Crippen LogP contribution is -2.49. The Morgan fingerprint density at radius 1 is 1.05 bits per heavy atom. The van der Waals surface area contributed by atoms with Gasteiger partial charge in [0.05, 0.1) is 0 Å². The van der Waals surface area contributed by atoms with Gasteiger partial charge in [-0.1, -0.05) is 0 Å². The summed E-state index contributed by atoms with van der Waals surface area (Å²) in [5.41, 5.74) is 0. The second-order valence-corrected chi connectivity index (χ2v) is 6.04. The number of piperidine rings is 2. The molecule has 0 aromatic rings. The molecule has 5 nitrogen and oxygen atoms in total. The van der Waals surface area contributed by atoms with E-state index in [0.717, 1.165) is 17.7 Å². The number of hydrogen-bond donors (Lipinski definition) is 1. The first-order chi connectivity index (χ1) is 10.3. The van der Waals surface area contributed by atoms with E-state index in [1.54, 1.807) is 4.90 Å². The highest BCUT2D eigenvalue weighted by atomic mass is 19.4. The van der Waals surface area contributed by atoms with Gasteiger partial charge in [-0.3, -0.25) is 9.59 Å². The van der Waals surface area contributed by atoms with Crippen molar-refractivity contribution < 1.29 is 27.9 Å². The molecule has 2 aliphatic rings. The zero-order valence-corrected chi connectivity index (χ0v) is 12.3. The van der Waals surface area contributed by atoms with E-state index in [-0.39, 0.29) is 50.3 Å². The van der Waals surface area contributed by atoms with Crippen molar-refractivity contribution in [1.29, 1.82) is 0 Å². The lowest BCUT2D eigenvalue weighted by atomic mass is 9.92. The Hall–Kier alpha value is -1.31. The minimum atomic E-state index is -4.85. The van der Waals surface area contributed by atoms with Crippen LogP contribution in [0.3, 0.4) is 0 Å². The van der Waals surface area contributed by atoms with Gasteiger partial charge in [0.15, 0.2) is 0 Å². The number of amides is 2. The SMILES string of the molecule is O=C(C1CCN(C(=O)C(F)(F)F)CC1)N1CCCC(CO)C1. The van der Waals surface area contributed by atoms with Crippen LogP contribution in [0.5, 0.6) is 0 Å². The van der Waals surface area contributed by atoms with Crippen LogP contribution >= 0.6 is 0 Å². The van der Waals surface area contributed by atoms with Gasteiger partial charge in [0.2, 0.25) is 5.91 Å². The summed E-state index contributed by atoms with van der Waals surface area (Å²) in [6.07, 6.45) is -2.60. The number of halogens is 3. The fourth-order valence-corrected chi connectivity index (χ4v) is 3.18. The summed E-state index contributed by atoms with van der Waals surface area (Å²) in [5, 5.41) is 9.18. The van der Waals surface area contributed by atoms with E-state index in [0.29, 0.717) is 13.1 Å². The van der Waals surface area contributed by atoms with Gasteiger partial charge in [-0.2, -0.15) is 13.2 Å². The summed E-state index contributed by atoms with van der Waals surface area (Å²) in [6.45, 7) is 1.12. The van der Waals surface area contributed by atoms with Gasteiger partial charge in [-0.25, -0.2) is 0 Å². The van der Waals surface area contributed by atoms with Crippen LogP contribution in [0.2, 0.25) is 0 Å². The van der Waals surface area contributed by atoms with Crippen LogP contribution in [0.1, 0.15) is 25.7 Å². The number of alkyl halides is 3. The zero-order valence-electron chi connectivity index (χ0n) is 12.3. The van der Waals surface area contributed by atoms with E-state index < -0.39 is 12.1 Å². The molecule has 0 saturated carbocycles. The molecule has 0 radical (unpaired) electrons. The maximum atomic E-state index is 12.4. The van der Waals surface area contributed by atoms with Crippen LogP contribution in [0.15, 0.2) is 0 Å². The monoisotopic (exact) mass is 322 g/mol. The maximum absolute atomic E-state index is 12.4. The molecule has 2 heterocycles. The zero-order chi connectivity index (χ0) is 16.3. The summed E-state index contributed by atoms with van der Waals surface area (Å²) in [6, 6.07) is 0. The van der Waals surface area contributed by atoms with E-state index in [1.165, 1.54) is 0 Å². The summed E-state index contributed by atoms with van der Waals surface area (Å²) >= 11 is 0. The minimum Gasteiger partial charge on any atom is -0.396 e. The number of nitrogens with zero attached hydrogens (tertiary/aromatic N) is 2. The lowest BCUT2D eigenvalue weighted by molar-refractivity contribution is -0.187. The molecule has 1 atom stereocenters. The van der Waals surface area contributed by atoms with Crippen molar-refractivity contribution in [2.75, 3.05) is 32.8 Å². The van der Waals surface area contributed by atoms with Gasteiger partial charge in [-0.05, 0) is 31.6 Å². The summed E-state index contributed by atoms with van der Waals surface area (Å²) < 4.78 is 37.1. The van der Waals surface area contributed by atoms with Crippen LogP contribution in [0, 0.1) is 11.8 Å². The molecule has 0 aliphatic carbocycles. The lowest BCUT2D eigenvalue weighted by Gasteiger charge is -2.37. The molecular formula is C14H21F3N2O3. The van der Waals surface area contributed by atoms with Crippen molar-refractivity contribution in [2.45, 2.75) is 31.9 Å². The van der Waals surface area contributed by atoms with E-state index >= 15 is 0 Å². The van der Waals surface area contributed by atoms with Crippen molar-refractivity contribution in [3.63, 3.8) is 0 Å². The normalized spacial score (nSPS) is 24.5. The van der Waals surface area contributed by atoms with Crippen LogP contribution in [-0.4, -0.2) is 65.7 Å². The molecule has 126 valence electrons. The number of carbonyl (C=O) groups is 2. The third kappa shape index (κ3) is 3.91. The van der Waals surface area contributed by atoms with E-state index in [2.05, 4.69) is 0 Å². The Morgan fingerprint density at radius 2 is 1.68 bits per heavy atom. The van der Waals surface area contributed by atoms with Crippen LogP contribution < -0.4 is 0 Å². The van der Waals surface area contributed by atoms with Gasteiger partial charge < -0.3 is 14.9 Å². The number of rotatable bonds is 2. The highest BCUT2D eigenvalue weighted by Gasteiger charge is 2.44. The minimum absolute atomic E-state index is 0.0357. The second kappa shape index (κ2) is 6.85. The average Bonchev–Trinajstić information content (AvgIpc) is 2.53. The number of aliphatic hydroxyl groups excluding tert-OH is 1. The van der Waals surface area contributed by atoms with Gasteiger partial charge in [-0.15, -0.1) is 0 Å². The molecule has 1 unspecified atom stereocenters. The molecule has 0 aromatic carbocycles. The predicted octanol–water partition coefficient (Wildman–Crippen LogP) is 1.02. The second-order valence-electron chi connectivity index (χ2n) is 6.04. The fourth-order valence-electron chi connectivity index (χ4n) is 3.18. The quantitative estimate of drug-likeness (QED) is 0.826. The largest absolute Gasteiger partial charge is 0.471 e. The van der Waals surface area contributed by atoms with Crippen molar-refractivity contribution in [2.24, 2.45) is 11.8 Å². The Kier molecular flexibility index (Phi) is 5.31. The van der Waals surface area contributed by atoms with Gasteiger partial charge in [0.1, 0.15) is 0 Å². The van der Waals surface area contributed by atoms with Gasteiger partial charge in [0, 0.05) is 38.7 Å². The third-order valence-corrected chi connectivity index (χ3v) is 4.46. The van der Waals surface area contributed by atoms with Crippen LogP contribution in [-0.2, 0) is 9.59 Å². The van der Waals surface area contributed by atoms with Crippen molar-refractivity contribution >= 4 is 11.8 Å². The van der Waals surface area contributed by atoms with Crippen molar-refractivity contribution in [3.05, 3.63) is 0 Å². The first-order valence-corrected chi connectivity index (χ1v) is 7.58. The van der Waals surface area contributed by atoms with Gasteiger partial charge >= 0.3 is 12.1 Å². The van der Waals surface area contributed by atoms with Crippen molar-refractivity contribution in [3.8, 4) is 0 Å². The maximum Gasteiger partial charge on any atom is 0.471 e. The van der Waals surface area contributed by atoms with E-state index in [4.69, 9.17) is 0 Å². The Morgan fingerprint density at radius 3 is 2.23 bits per heavy atom. The molecule has 8 heteroatoms. The fraction of sp³-hybridized carbons (Fsp3) is 0.857. The summed E-state index contributed by atoms with van der Waals surface area (Å²) in [7, 11) is 0. The molecule has 22 heavy (non-hydrogen) atoms. The summed E-state index contributed by atoms with van der Waals surface area (Å²) in [5.74, 6) is -2.12. The smallest absolute Gasteiger partial charge is 0.396 e. The molecule has 0 aromatic heterocycles. The predicted molar refractivity (Wildman–Crippen MR) is 71.7 cm³/mol. The molecule has 2 aliphatic heterocycles. The van der Waals surface area contributed by atoms with E-state index in [1.807, 2.05) is 0 Å². The summed E-state index contributed by atoms with van der Waals surface area (Å²) in [4.78, 5) is 26.0. The molecule has 2 fully saturated rings. The molecular weight excluding hydrogens is 301 g/mol. The number of likely N-dealkylation sites (tertiary alicyclic amines) is 2. The first-order valence-electron chi connectivity index (χ1n) is 7.58.